The SMILES string of the molecule is CC(C)(C)OC(=O)C[C@H]1CCC[C@@H](N)C1. The van der Waals surface area contributed by atoms with Gasteiger partial charge in [-0.3, -0.25) is 4.79 Å². The van der Waals surface area contributed by atoms with Crippen LogP contribution < -0.4 is 5.73 Å². The lowest BCUT2D eigenvalue weighted by Crippen LogP contribution is -2.31. The molecule has 1 fully saturated rings. The van der Waals surface area contributed by atoms with Crippen LogP contribution in [0.15, 0.2) is 0 Å². The van der Waals surface area contributed by atoms with Crippen LogP contribution in [0.3, 0.4) is 0 Å². The average molecular weight is 213 g/mol. The first-order valence-corrected chi connectivity index (χ1v) is 5.84. The summed E-state index contributed by atoms with van der Waals surface area (Å²) in [6.07, 6.45) is 4.87. The van der Waals surface area contributed by atoms with Gasteiger partial charge in [0.05, 0.1) is 0 Å². The van der Waals surface area contributed by atoms with Crippen LogP contribution in [-0.4, -0.2) is 17.6 Å². The lowest BCUT2D eigenvalue weighted by atomic mass is 9.84. The fraction of sp³-hybridized carbons (Fsp3) is 0.917. The summed E-state index contributed by atoms with van der Waals surface area (Å²) in [7, 11) is 0. The molecule has 0 saturated heterocycles. The van der Waals surface area contributed by atoms with E-state index in [1.165, 1.54) is 0 Å². The van der Waals surface area contributed by atoms with Crippen molar-refractivity contribution in [2.24, 2.45) is 11.7 Å². The molecule has 2 N–H and O–H groups in total. The third-order valence-electron chi connectivity index (χ3n) is 2.70. The van der Waals surface area contributed by atoms with Gasteiger partial charge in [0.1, 0.15) is 5.60 Å². The highest BCUT2D eigenvalue weighted by Gasteiger charge is 2.24. The third-order valence-corrected chi connectivity index (χ3v) is 2.70. The molecule has 0 aromatic rings. The van der Waals surface area contributed by atoms with Crippen LogP contribution in [0.5, 0.6) is 0 Å². The van der Waals surface area contributed by atoms with E-state index < -0.39 is 0 Å². The van der Waals surface area contributed by atoms with Crippen LogP contribution in [0, 0.1) is 5.92 Å². The average Bonchev–Trinajstić information content (AvgIpc) is 1.99. The minimum absolute atomic E-state index is 0.0819. The molecular weight excluding hydrogens is 190 g/mol. The predicted octanol–water partition coefficient (Wildman–Crippen LogP) is 2.24. The van der Waals surface area contributed by atoms with Crippen molar-refractivity contribution < 1.29 is 9.53 Å². The Balaban J connectivity index is 2.31. The molecule has 2 atom stereocenters. The molecule has 0 aromatic heterocycles. The third kappa shape index (κ3) is 5.17. The summed E-state index contributed by atoms with van der Waals surface area (Å²) in [6, 6.07) is 0.284. The van der Waals surface area contributed by atoms with Gasteiger partial charge in [0, 0.05) is 12.5 Å². The molecule has 0 spiro atoms. The monoisotopic (exact) mass is 213 g/mol. The van der Waals surface area contributed by atoms with Gasteiger partial charge in [-0.25, -0.2) is 0 Å². The maximum absolute atomic E-state index is 11.6. The summed E-state index contributed by atoms with van der Waals surface area (Å²) in [5.41, 5.74) is 5.51. The smallest absolute Gasteiger partial charge is 0.306 e. The van der Waals surface area contributed by atoms with Crippen molar-refractivity contribution in [3.63, 3.8) is 0 Å². The lowest BCUT2D eigenvalue weighted by molar-refractivity contribution is -0.156. The van der Waals surface area contributed by atoms with Gasteiger partial charge in [-0.15, -0.1) is 0 Å². The van der Waals surface area contributed by atoms with E-state index in [1.54, 1.807) is 0 Å². The molecule has 3 nitrogen and oxygen atoms in total. The summed E-state index contributed by atoms with van der Waals surface area (Å²) < 4.78 is 5.30. The summed E-state index contributed by atoms with van der Waals surface area (Å²) in [6.45, 7) is 5.70. The number of hydrogen-bond donors (Lipinski definition) is 1. The minimum atomic E-state index is -0.367. The van der Waals surface area contributed by atoms with Gasteiger partial charge < -0.3 is 10.5 Å². The molecule has 1 rings (SSSR count). The van der Waals surface area contributed by atoms with Gasteiger partial charge in [-0.1, -0.05) is 6.42 Å². The van der Waals surface area contributed by atoms with Gasteiger partial charge >= 0.3 is 5.97 Å². The second-order valence-electron chi connectivity index (χ2n) is 5.58. The summed E-state index contributed by atoms with van der Waals surface area (Å²) in [5, 5.41) is 0. The Morgan fingerprint density at radius 1 is 1.40 bits per heavy atom. The highest BCUT2D eigenvalue weighted by Crippen LogP contribution is 2.26. The normalized spacial score (nSPS) is 27.5. The molecule has 0 aromatic carbocycles. The Hall–Kier alpha value is -0.570. The molecular formula is C12H23NO2. The second kappa shape index (κ2) is 4.97. The van der Waals surface area contributed by atoms with Crippen molar-refractivity contribution in [1.82, 2.24) is 0 Å². The van der Waals surface area contributed by atoms with Crippen molar-refractivity contribution in [3.05, 3.63) is 0 Å². The Labute approximate surface area is 92.4 Å². The molecule has 0 radical (unpaired) electrons. The van der Waals surface area contributed by atoms with E-state index >= 15 is 0 Å². The summed E-state index contributed by atoms with van der Waals surface area (Å²) in [5.74, 6) is 0.352. The van der Waals surface area contributed by atoms with Gasteiger partial charge in [-0.2, -0.15) is 0 Å². The van der Waals surface area contributed by atoms with E-state index in [4.69, 9.17) is 10.5 Å². The van der Waals surface area contributed by atoms with E-state index in [0.717, 1.165) is 25.7 Å². The first-order chi connectivity index (χ1) is 6.87. The lowest BCUT2D eigenvalue weighted by Gasteiger charge is -2.27. The molecule has 1 saturated carbocycles. The standard InChI is InChI=1S/C12H23NO2/c1-12(2,3)15-11(14)8-9-5-4-6-10(13)7-9/h9-10H,4-8,13H2,1-3H3/t9-,10+/m0/s1. The topological polar surface area (TPSA) is 52.3 Å². The van der Waals surface area contributed by atoms with Crippen molar-refractivity contribution in [1.29, 1.82) is 0 Å². The largest absolute Gasteiger partial charge is 0.460 e. The van der Waals surface area contributed by atoms with E-state index in [2.05, 4.69) is 0 Å². The van der Waals surface area contributed by atoms with Crippen molar-refractivity contribution in [2.45, 2.75) is 64.5 Å². The van der Waals surface area contributed by atoms with Gasteiger partial charge in [0.25, 0.3) is 0 Å². The van der Waals surface area contributed by atoms with Gasteiger partial charge in [0.15, 0.2) is 0 Å². The fourth-order valence-corrected chi connectivity index (χ4v) is 2.14. The minimum Gasteiger partial charge on any atom is -0.460 e. The zero-order valence-corrected chi connectivity index (χ0v) is 10.1. The van der Waals surface area contributed by atoms with Crippen molar-refractivity contribution in [3.8, 4) is 0 Å². The molecule has 15 heavy (non-hydrogen) atoms. The first kappa shape index (κ1) is 12.5. The van der Waals surface area contributed by atoms with Gasteiger partial charge in [-0.05, 0) is 46.0 Å². The molecule has 1 aliphatic rings. The Kier molecular flexibility index (Phi) is 4.14. The van der Waals surface area contributed by atoms with E-state index in [9.17, 15) is 4.79 Å². The maximum Gasteiger partial charge on any atom is 0.306 e. The van der Waals surface area contributed by atoms with Crippen LogP contribution >= 0.6 is 0 Å². The second-order valence-corrected chi connectivity index (χ2v) is 5.58. The van der Waals surface area contributed by atoms with Crippen molar-refractivity contribution in [2.75, 3.05) is 0 Å². The summed E-state index contributed by atoms with van der Waals surface area (Å²) >= 11 is 0. The zero-order valence-electron chi connectivity index (χ0n) is 10.1. The molecule has 0 heterocycles. The quantitative estimate of drug-likeness (QED) is 0.716. The Morgan fingerprint density at radius 3 is 2.60 bits per heavy atom. The molecule has 0 bridgehead atoms. The molecule has 3 heteroatoms. The number of rotatable bonds is 2. The van der Waals surface area contributed by atoms with Crippen molar-refractivity contribution >= 4 is 5.97 Å². The number of esters is 1. The van der Waals surface area contributed by atoms with E-state index in [1.807, 2.05) is 20.8 Å². The number of carbonyl (C=O) groups is 1. The van der Waals surface area contributed by atoms with Crippen LogP contribution in [0.1, 0.15) is 52.9 Å². The van der Waals surface area contributed by atoms with E-state index in [0.29, 0.717) is 12.3 Å². The summed E-state index contributed by atoms with van der Waals surface area (Å²) in [4.78, 5) is 11.6. The zero-order chi connectivity index (χ0) is 11.5. The Bertz CT molecular complexity index is 220. The fourth-order valence-electron chi connectivity index (χ4n) is 2.14. The number of hydrogen-bond acceptors (Lipinski definition) is 3. The van der Waals surface area contributed by atoms with Crippen LogP contribution in [0.2, 0.25) is 0 Å². The van der Waals surface area contributed by atoms with E-state index in [-0.39, 0.29) is 17.6 Å². The highest BCUT2D eigenvalue weighted by atomic mass is 16.6. The predicted molar refractivity (Wildman–Crippen MR) is 60.4 cm³/mol. The van der Waals surface area contributed by atoms with Crippen LogP contribution in [0.4, 0.5) is 0 Å². The highest BCUT2D eigenvalue weighted by molar-refractivity contribution is 5.70. The Morgan fingerprint density at radius 2 is 2.07 bits per heavy atom. The molecule has 0 aliphatic heterocycles. The molecule has 0 amide bonds. The number of nitrogens with two attached hydrogens (primary N) is 1. The van der Waals surface area contributed by atoms with Crippen LogP contribution in [-0.2, 0) is 9.53 Å². The number of carbonyl (C=O) groups excluding carboxylic acids is 1. The van der Waals surface area contributed by atoms with Crippen LogP contribution in [0.25, 0.3) is 0 Å². The molecule has 88 valence electrons. The first-order valence-electron chi connectivity index (χ1n) is 5.84. The van der Waals surface area contributed by atoms with Gasteiger partial charge in [0.2, 0.25) is 0 Å². The molecule has 0 unspecified atom stereocenters. The number of ether oxygens (including phenoxy) is 1. The molecule has 1 aliphatic carbocycles. The maximum atomic E-state index is 11.6.